The van der Waals surface area contributed by atoms with E-state index in [2.05, 4.69) is 39.9 Å². The molecule has 0 bridgehead atoms. The van der Waals surface area contributed by atoms with Gasteiger partial charge in [0.15, 0.2) is 17.1 Å². The van der Waals surface area contributed by atoms with Crippen LogP contribution < -0.4 is 5.73 Å². The van der Waals surface area contributed by atoms with Crippen LogP contribution in [0, 0.1) is 0 Å². The fraction of sp³-hybridized carbons (Fsp3) is 0.0588. The highest BCUT2D eigenvalue weighted by atomic mass is 15.0. The molecule has 0 spiro atoms. The standard InChI is InChI=1S/C12H11N5.C5H4N4/c13-11-10-12(15-7-14-10)17-9(16-11)6-8-4-2-1-3-5-8;1-4-5(8-2-6-1)9-3-7-4/h1-5,7H,6H2,(H3,13,14,15,16,17);1-3H,(H,6,7,8,9). The Morgan fingerprint density at radius 3 is 2.54 bits per heavy atom. The van der Waals surface area contributed by atoms with Gasteiger partial charge in [-0.05, 0) is 5.56 Å². The molecule has 0 saturated carbocycles. The highest BCUT2D eigenvalue weighted by Gasteiger charge is 2.07. The number of fused-ring (bicyclic) bond motifs is 2. The number of nitrogen functional groups attached to an aromatic ring is 1. The number of hydrogen-bond acceptors (Lipinski definition) is 7. The van der Waals surface area contributed by atoms with Crippen LogP contribution in [0.5, 0.6) is 0 Å². The van der Waals surface area contributed by atoms with Gasteiger partial charge < -0.3 is 15.7 Å². The predicted octanol–water partition coefficient (Wildman–Crippen LogP) is 1.88. The SMILES string of the molecule is Nc1nc(Cc2ccccc2)nc2nc[nH]c12.c1ncc2[nH]cnc2n1. The number of imidazole rings is 2. The minimum Gasteiger partial charge on any atom is -0.382 e. The summed E-state index contributed by atoms with van der Waals surface area (Å²) in [5, 5.41) is 0. The average Bonchev–Trinajstić information content (AvgIpc) is 3.32. The van der Waals surface area contributed by atoms with Crippen molar-refractivity contribution in [2.75, 3.05) is 5.73 Å². The van der Waals surface area contributed by atoms with Crippen LogP contribution in [0.4, 0.5) is 5.82 Å². The van der Waals surface area contributed by atoms with Gasteiger partial charge in [0.25, 0.3) is 0 Å². The fourth-order valence-corrected chi connectivity index (χ4v) is 2.45. The molecule has 0 aliphatic rings. The van der Waals surface area contributed by atoms with Gasteiger partial charge in [0.05, 0.1) is 18.9 Å². The van der Waals surface area contributed by atoms with Crippen LogP contribution in [-0.4, -0.2) is 39.9 Å². The normalized spacial score (nSPS) is 10.6. The zero-order chi connectivity index (χ0) is 17.8. The van der Waals surface area contributed by atoms with Crippen LogP contribution in [0.2, 0.25) is 0 Å². The lowest BCUT2D eigenvalue weighted by Crippen LogP contribution is -2.01. The van der Waals surface area contributed by atoms with Gasteiger partial charge >= 0.3 is 0 Å². The number of nitrogens with zero attached hydrogens (tertiary/aromatic N) is 6. The van der Waals surface area contributed by atoms with Gasteiger partial charge in [-0.1, -0.05) is 30.3 Å². The first-order valence-electron chi connectivity index (χ1n) is 7.88. The minimum atomic E-state index is 0.443. The molecule has 128 valence electrons. The van der Waals surface area contributed by atoms with Crippen molar-refractivity contribution in [2.24, 2.45) is 0 Å². The molecule has 0 fully saturated rings. The molecule has 4 aromatic heterocycles. The molecule has 0 amide bonds. The Bertz CT molecular complexity index is 1100. The Kier molecular flexibility index (Phi) is 4.17. The summed E-state index contributed by atoms with van der Waals surface area (Å²) in [6.45, 7) is 0. The third-order valence-corrected chi connectivity index (χ3v) is 3.66. The van der Waals surface area contributed by atoms with E-state index in [-0.39, 0.29) is 0 Å². The van der Waals surface area contributed by atoms with Gasteiger partial charge in [-0.3, -0.25) is 0 Å². The van der Waals surface area contributed by atoms with E-state index in [0.717, 1.165) is 11.1 Å². The van der Waals surface area contributed by atoms with Crippen molar-refractivity contribution in [2.45, 2.75) is 6.42 Å². The molecular formula is C17H15N9. The molecule has 5 rings (SSSR count). The van der Waals surface area contributed by atoms with Gasteiger partial charge in [-0.15, -0.1) is 0 Å². The van der Waals surface area contributed by atoms with Crippen molar-refractivity contribution in [1.82, 2.24) is 39.9 Å². The molecule has 0 atom stereocenters. The van der Waals surface area contributed by atoms with E-state index in [1.807, 2.05) is 30.3 Å². The molecule has 0 saturated heterocycles. The van der Waals surface area contributed by atoms with E-state index in [0.29, 0.717) is 34.9 Å². The Balaban J connectivity index is 0.000000157. The molecule has 0 aliphatic heterocycles. The Labute approximate surface area is 147 Å². The van der Waals surface area contributed by atoms with Crippen molar-refractivity contribution in [1.29, 1.82) is 0 Å². The Morgan fingerprint density at radius 2 is 1.69 bits per heavy atom. The zero-order valence-corrected chi connectivity index (χ0v) is 13.7. The summed E-state index contributed by atoms with van der Waals surface area (Å²) in [6.07, 6.45) is 6.99. The van der Waals surface area contributed by atoms with Crippen LogP contribution >= 0.6 is 0 Å². The lowest BCUT2D eigenvalue weighted by molar-refractivity contribution is 0.991. The third kappa shape index (κ3) is 3.31. The van der Waals surface area contributed by atoms with Gasteiger partial charge in [-0.25, -0.2) is 29.9 Å². The molecule has 5 aromatic rings. The summed E-state index contributed by atoms with van der Waals surface area (Å²) >= 11 is 0. The number of hydrogen-bond donors (Lipinski definition) is 3. The second kappa shape index (κ2) is 6.93. The van der Waals surface area contributed by atoms with Crippen molar-refractivity contribution < 1.29 is 0 Å². The monoisotopic (exact) mass is 345 g/mol. The number of aromatic nitrogens is 8. The van der Waals surface area contributed by atoms with Gasteiger partial charge in [-0.2, -0.15) is 0 Å². The molecule has 0 radical (unpaired) electrons. The summed E-state index contributed by atoms with van der Waals surface area (Å²) in [5.74, 6) is 1.13. The quantitative estimate of drug-likeness (QED) is 0.444. The van der Waals surface area contributed by atoms with Crippen molar-refractivity contribution in [3.63, 3.8) is 0 Å². The smallest absolute Gasteiger partial charge is 0.183 e. The summed E-state index contributed by atoms with van der Waals surface area (Å²) in [7, 11) is 0. The van der Waals surface area contributed by atoms with E-state index < -0.39 is 0 Å². The minimum absolute atomic E-state index is 0.443. The van der Waals surface area contributed by atoms with E-state index >= 15 is 0 Å². The maximum absolute atomic E-state index is 5.83. The Hall–Kier alpha value is -3.88. The molecule has 4 N–H and O–H groups in total. The topological polar surface area (TPSA) is 135 Å². The Morgan fingerprint density at radius 1 is 0.885 bits per heavy atom. The lowest BCUT2D eigenvalue weighted by atomic mass is 10.1. The first kappa shape index (κ1) is 15.6. The van der Waals surface area contributed by atoms with E-state index in [1.165, 1.54) is 6.33 Å². The van der Waals surface area contributed by atoms with Crippen molar-refractivity contribution >= 4 is 28.1 Å². The van der Waals surface area contributed by atoms with E-state index in [1.54, 1.807) is 18.9 Å². The lowest BCUT2D eigenvalue weighted by Gasteiger charge is -2.02. The molecular weight excluding hydrogens is 330 g/mol. The number of aromatic amines is 2. The summed E-state index contributed by atoms with van der Waals surface area (Å²) < 4.78 is 0. The van der Waals surface area contributed by atoms with Crippen LogP contribution in [0.1, 0.15) is 11.4 Å². The highest BCUT2D eigenvalue weighted by molar-refractivity contribution is 5.80. The average molecular weight is 345 g/mol. The summed E-state index contributed by atoms with van der Waals surface area (Å²) in [6, 6.07) is 10.0. The molecule has 4 heterocycles. The second-order valence-electron chi connectivity index (χ2n) is 5.45. The third-order valence-electron chi connectivity index (χ3n) is 3.66. The number of H-pyrrole nitrogens is 2. The van der Waals surface area contributed by atoms with Crippen LogP contribution in [-0.2, 0) is 6.42 Å². The maximum atomic E-state index is 5.83. The van der Waals surface area contributed by atoms with Crippen LogP contribution in [0.3, 0.4) is 0 Å². The first-order valence-corrected chi connectivity index (χ1v) is 7.88. The number of anilines is 1. The number of rotatable bonds is 2. The predicted molar refractivity (Wildman–Crippen MR) is 97.0 cm³/mol. The summed E-state index contributed by atoms with van der Waals surface area (Å²) in [4.78, 5) is 30.1. The van der Waals surface area contributed by atoms with E-state index in [9.17, 15) is 0 Å². The molecule has 0 aliphatic carbocycles. The van der Waals surface area contributed by atoms with Gasteiger partial charge in [0.1, 0.15) is 23.2 Å². The molecule has 9 nitrogen and oxygen atoms in total. The summed E-state index contributed by atoms with van der Waals surface area (Å²) in [5.41, 5.74) is 9.88. The van der Waals surface area contributed by atoms with E-state index in [4.69, 9.17) is 5.73 Å². The molecule has 1 aromatic carbocycles. The number of nitrogens with one attached hydrogen (secondary N) is 2. The maximum Gasteiger partial charge on any atom is 0.183 e. The molecule has 0 unspecified atom stereocenters. The molecule has 26 heavy (non-hydrogen) atoms. The van der Waals surface area contributed by atoms with Crippen LogP contribution in [0.15, 0.2) is 55.5 Å². The van der Waals surface area contributed by atoms with Crippen LogP contribution in [0.25, 0.3) is 22.3 Å². The highest BCUT2D eigenvalue weighted by Crippen LogP contribution is 2.14. The zero-order valence-electron chi connectivity index (χ0n) is 13.7. The van der Waals surface area contributed by atoms with Gasteiger partial charge in [0.2, 0.25) is 0 Å². The first-order chi connectivity index (χ1) is 12.8. The molecule has 9 heteroatoms. The van der Waals surface area contributed by atoms with Crippen molar-refractivity contribution in [3.05, 3.63) is 66.9 Å². The second-order valence-corrected chi connectivity index (χ2v) is 5.45. The van der Waals surface area contributed by atoms with Crippen molar-refractivity contribution in [3.8, 4) is 0 Å². The fourth-order valence-electron chi connectivity index (χ4n) is 2.45. The van der Waals surface area contributed by atoms with Gasteiger partial charge in [0, 0.05) is 6.42 Å². The number of benzene rings is 1. The largest absolute Gasteiger partial charge is 0.382 e. The number of nitrogens with two attached hydrogens (primary N) is 1.